The molecule has 0 spiro atoms. The van der Waals surface area contributed by atoms with Gasteiger partial charge >= 0.3 is 0 Å². The zero-order chi connectivity index (χ0) is 9.97. The average molecular weight is 198 g/mol. The van der Waals surface area contributed by atoms with E-state index < -0.39 is 0 Å². The third kappa shape index (κ3) is 2.48. The fraction of sp³-hybridized carbons (Fsp3) is 1.00. The maximum atomic E-state index is 5.84. The van der Waals surface area contributed by atoms with Gasteiger partial charge in [-0.15, -0.1) is 0 Å². The summed E-state index contributed by atoms with van der Waals surface area (Å²) in [4.78, 5) is 0. The van der Waals surface area contributed by atoms with E-state index in [1.807, 2.05) is 0 Å². The summed E-state index contributed by atoms with van der Waals surface area (Å²) < 4.78 is 11.7. The lowest BCUT2D eigenvalue weighted by molar-refractivity contribution is -0.127. The zero-order valence-corrected chi connectivity index (χ0v) is 9.37. The molecular formula is C12H22O2. The molecule has 0 aromatic rings. The van der Waals surface area contributed by atoms with E-state index in [4.69, 9.17) is 9.47 Å². The predicted molar refractivity (Wildman–Crippen MR) is 56.3 cm³/mol. The first-order valence-electron chi connectivity index (χ1n) is 5.99. The van der Waals surface area contributed by atoms with Crippen LogP contribution in [-0.4, -0.2) is 25.4 Å². The molecule has 2 aliphatic heterocycles. The van der Waals surface area contributed by atoms with Crippen molar-refractivity contribution in [1.82, 2.24) is 0 Å². The minimum absolute atomic E-state index is 0.388. The number of hydrogen-bond acceptors (Lipinski definition) is 2. The number of rotatable bonds is 1. The van der Waals surface area contributed by atoms with E-state index in [1.165, 1.54) is 25.7 Å². The maximum absolute atomic E-state index is 5.84. The highest BCUT2D eigenvalue weighted by atomic mass is 16.5. The van der Waals surface area contributed by atoms with Crippen molar-refractivity contribution in [2.24, 2.45) is 11.8 Å². The zero-order valence-electron chi connectivity index (χ0n) is 9.37. The molecule has 0 bridgehead atoms. The van der Waals surface area contributed by atoms with E-state index in [-0.39, 0.29) is 0 Å². The summed E-state index contributed by atoms with van der Waals surface area (Å²) in [5.74, 6) is 1.49. The summed E-state index contributed by atoms with van der Waals surface area (Å²) in [5, 5.41) is 0. The lowest BCUT2D eigenvalue weighted by Gasteiger charge is -2.36. The van der Waals surface area contributed by atoms with Gasteiger partial charge in [0.1, 0.15) is 0 Å². The maximum Gasteiger partial charge on any atom is 0.0836 e. The van der Waals surface area contributed by atoms with Crippen LogP contribution >= 0.6 is 0 Å². The van der Waals surface area contributed by atoms with Crippen LogP contribution in [0.5, 0.6) is 0 Å². The van der Waals surface area contributed by atoms with Crippen molar-refractivity contribution < 1.29 is 9.47 Å². The molecule has 0 aliphatic carbocycles. The first-order valence-corrected chi connectivity index (χ1v) is 5.99. The molecule has 2 saturated heterocycles. The van der Waals surface area contributed by atoms with Crippen molar-refractivity contribution in [3.05, 3.63) is 0 Å². The van der Waals surface area contributed by atoms with Crippen LogP contribution in [-0.2, 0) is 9.47 Å². The van der Waals surface area contributed by atoms with Gasteiger partial charge in [-0.1, -0.05) is 13.8 Å². The number of hydrogen-bond donors (Lipinski definition) is 0. The summed E-state index contributed by atoms with van der Waals surface area (Å²) in [7, 11) is 0. The van der Waals surface area contributed by atoms with Crippen LogP contribution in [0.2, 0.25) is 0 Å². The largest absolute Gasteiger partial charge is 0.375 e. The van der Waals surface area contributed by atoms with Crippen LogP contribution < -0.4 is 0 Å². The summed E-state index contributed by atoms with van der Waals surface area (Å²) in [6.07, 6.45) is 5.78. The second-order valence-electron chi connectivity index (χ2n) is 5.11. The van der Waals surface area contributed by atoms with Crippen LogP contribution in [0.25, 0.3) is 0 Å². The third-order valence-corrected chi connectivity index (χ3v) is 3.49. The van der Waals surface area contributed by atoms with Gasteiger partial charge in [-0.3, -0.25) is 0 Å². The molecule has 3 unspecified atom stereocenters. The Morgan fingerprint density at radius 1 is 0.714 bits per heavy atom. The molecule has 2 rings (SSSR count). The van der Waals surface area contributed by atoms with E-state index in [0.29, 0.717) is 12.2 Å². The van der Waals surface area contributed by atoms with Crippen LogP contribution in [0.4, 0.5) is 0 Å². The van der Waals surface area contributed by atoms with Crippen molar-refractivity contribution in [3.8, 4) is 0 Å². The minimum atomic E-state index is 0.388. The van der Waals surface area contributed by atoms with Gasteiger partial charge < -0.3 is 9.47 Å². The summed E-state index contributed by atoms with van der Waals surface area (Å²) in [6, 6.07) is 0. The van der Waals surface area contributed by atoms with Crippen molar-refractivity contribution in [2.45, 2.75) is 51.7 Å². The topological polar surface area (TPSA) is 18.5 Å². The highest BCUT2D eigenvalue weighted by molar-refractivity contribution is 4.79. The summed E-state index contributed by atoms with van der Waals surface area (Å²) in [6.45, 7) is 6.39. The Hall–Kier alpha value is -0.0800. The molecule has 4 atom stereocenters. The highest BCUT2D eigenvalue weighted by Gasteiger charge is 2.30. The second-order valence-corrected chi connectivity index (χ2v) is 5.11. The third-order valence-electron chi connectivity index (χ3n) is 3.49. The van der Waals surface area contributed by atoms with Crippen LogP contribution in [0.15, 0.2) is 0 Å². The van der Waals surface area contributed by atoms with Gasteiger partial charge in [0.2, 0.25) is 0 Å². The van der Waals surface area contributed by atoms with Gasteiger partial charge in [0.15, 0.2) is 0 Å². The summed E-state index contributed by atoms with van der Waals surface area (Å²) >= 11 is 0. The Morgan fingerprint density at radius 2 is 1.14 bits per heavy atom. The molecule has 82 valence electrons. The molecule has 0 saturated carbocycles. The van der Waals surface area contributed by atoms with Crippen molar-refractivity contribution in [1.29, 1.82) is 0 Å². The van der Waals surface area contributed by atoms with E-state index in [1.54, 1.807) is 0 Å². The van der Waals surface area contributed by atoms with Gasteiger partial charge in [-0.25, -0.2) is 0 Å². The average Bonchev–Trinajstić information content (AvgIpc) is 2.21. The van der Waals surface area contributed by atoms with E-state index in [2.05, 4.69) is 13.8 Å². The highest BCUT2D eigenvalue weighted by Crippen LogP contribution is 2.28. The summed E-state index contributed by atoms with van der Waals surface area (Å²) in [5.41, 5.74) is 0. The van der Waals surface area contributed by atoms with Gasteiger partial charge in [-0.2, -0.15) is 0 Å². The Kier molecular flexibility index (Phi) is 3.45. The Bertz CT molecular complexity index is 145. The van der Waals surface area contributed by atoms with Crippen LogP contribution in [0.3, 0.4) is 0 Å². The molecule has 0 amide bonds. The molecular weight excluding hydrogens is 176 g/mol. The Balaban J connectivity index is 1.78. The van der Waals surface area contributed by atoms with Crippen LogP contribution in [0, 0.1) is 11.8 Å². The van der Waals surface area contributed by atoms with Gasteiger partial charge in [0, 0.05) is 13.2 Å². The first kappa shape index (κ1) is 10.4. The normalized spacial score (nSPS) is 45.0. The molecule has 14 heavy (non-hydrogen) atoms. The van der Waals surface area contributed by atoms with E-state index in [9.17, 15) is 0 Å². The Labute approximate surface area is 87.0 Å². The predicted octanol–water partition coefficient (Wildman–Crippen LogP) is 2.62. The van der Waals surface area contributed by atoms with Crippen LogP contribution in [0.1, 0.15) is 39.5 Å². The van der Waals surface area contributed by atoms with Crippen molar-refractivity contribution >= 4 is 0 Å². The molecule has 2 heteroatoms. The molecule has 0 aromatic heterocycles. The van der Waals surface area contributed by atoms with Gasteiger partial charge in [-0.05, 0) is 37.5 Å². The molecule has 2 aliphatic rings. The molecule has 2 heterocycles. The quantitative estimate of drug-likeness (QED) is 0.645. The van der Waals surface area contributed by atoms with E-state index in [0.717, 1.165) is 25.0 Å². The minimum Gasteiger partial charge on any atom is -0.375 e. The van der Waals surface area contributed by atoms with Gasteiger partial charge in [0.25, 0.3) is 0 Å². The lowest BCUT2D eigenvalue weighted by Crippen LogP contribution is -2.39. The van der Waals surface area contributed by atoms with Gasteiger partial charge in [0.05, 0.1) is 12.2 Å². The second kappa shape index (κ2) is 4.63. The fourth-order valence-electron chi connectivity index (χ4n) is 2.39. The number of ether oxygens (including phenoxy) is 2. The molecule has 2 nitrogen and oxygen atoms in total. The standard InChI is InChI=1S/C12H22O2/c1-9-3-5-11(13-7-9)12-6-4-10(2)8-14-12/h9-12H,3-8H2,1-2H3/t9?,10?,11-,12?/m0/s1. The lowest BCUT2D eigenvalue weighted by atomic mass is 9.92. The van der Waals surface area contributed by atoms with E-state index >= 15 is 0 Å². The monoisotopic (exact) mass is 198 g/mol. The molecule has 0 radical (unpaired) electrons. The van der Waals surface area contributed by atoms with Crippen molar-refractivity contribution in [3.63, 3.8) is 0 Å². The Morgan fingerprint density at radius 3 is 1.43 bits per heavy atom. The first-order chi connectivity index (χ1) is 6.75. The smallest absolute Gasteiger partial charge is 0.0836 e. The molecule has 0 aromatic carbocycles. The molecule has 2 fully saturated rings. The molecule has 0 N–H and O–H groups in total. The fourth-order valence-corrected chi connectivity index (χ4v) is 2.39. The SMILES string of the molecule is CC1CCC([C@@H]2CCC(C)CO2)OC1. The van der Waals surface area contributed by atoms with Crippen molar-refractivity contribution in [2.75, 3.05) is 13.2 Å².